The first-order valence-electron chi connectivity index (χ1n) is 7.01. The zero-order chi connectivity index (χ0) is 16.4. The first kappa shape index (κ1) is 15.9. The molecule has 0 saturated carbocycles. The highest BCUT2D eigenvalue weighted by Crippen LogP contribution is 2.19. The number of hydrogen-bond donors (Lipinski definition) is 2. The van der Waals surface area contributed by atoms with Crippen molar-refractivity contribution in [1.82, 2.24) is 19.3 Å². The fourth-order valence-corrected chi connectivity index (χ4v) is 3.70. The van der Waals surface area contributed by atoms with E-state index in [4.69, 9.17) is 0 Å². The summed E-state index contributed by atoms with van der Waals surface area (Å²) in [5.74, 6) is -0.0137. The van der Waals surface area contributed by atoms with Gasteiger partial charge in [0.05, 0.1) is 17.6 Å². The standard InChI is InChI=1S/C14H17N5O2S2/c1-10-8-19-14(17-10)22-13(18-19)16-7-11-3-5-12(6-4-11)9-23(20,21)15-2/h3-6,8,15H,7,9H2,1-2H3,(H,16,18). The van der Waals surface area contributed by atoms with Crippen molar-refractivity contribution in [3.8, 4) is 0 Å². The molecule has 2 N–H and O–H groups in total. The number of nitrogens with one attached hydrogen (secondary N) is 2. The zero-order valence-electron chi connectivity index (χ0n) is 12.8. The lowest BCUT2D eigenvalue weighted by atomic mass is 10.1. The van der Waals surface area contributed by atoms with Crippen LogP contribution in [-0.2, 0) is 22.3 Å². The normalized spacial score (nSPS) is 11.9. The predicted octanol–water partition coefficient (Wildman–Crippen LogP) is 1.76. The van der Waals surface area contributed by atoms with Crippen LogP contribution in [0.15, 0.2) is 30.5 Å². The van der Waals surface area contributed by atoms with Gasteiger partial charge in [0.2, 0.25) is 20.1 Å². The SMILES string of the molecule is CNS(=O)(=O)Cc1ccc(CNc2nn3cc(C)nc3s2)cc1. The van der Waals surface area contributed by atoms with E-state index in [9.17, 15) is 8.42 Å². The van der Waals surface area contributed by atoms with Crippen molar-refractivity contribution < 1.29 is 8.42 Å². The number of nitrogens with zero attached hydrogens (tertiary/aromatic N) is 3. The summed E-state index contributed by atoms with van der Waals surface area (Å²) in [6.07, 6.45) is 1.88. The number of rotatable bonds is 6. The predicted molar refractivity (Wildman–Crippen MR) is 91.1 cm³/mol. The molecule has 2 aromatic heterocycles. The Bertz CT molecular complexity index is 881. The van der Waals surface area contributed by atoms with Crippen LogP contribution in [0.5, 0.6) is 0 Å². The Morgan fingerprint density at radius 3 is 2.57 bits per heavy atom. The van der Waals surface area contributed by atoms with E-state index in [0.717, 1.165) is 26.9 Å². The van der Waals surface area contributed by atoms with Crippen LogP contribution in [0, 0.1) is 6.92 Å². The fourth-order valence-electron chi connectivity index (χ4n) is 2.10. The Morgan fingerprint density at radius 1 is 1.22 bits per heavy atom. The molecule has 122 valence electrons. The Balaban J connectivity index is 1.62. The average molecular weight is 351 g/mol. The highest BCUT2D eigenvalue weighted by Gasteiger charge is 2.09. The molecule has 0 bridgehead atoms. The summed E-state index contributed by atoms with van der Waals surface area (Å²) < 4.78 is 27.1. The zero-order valence-corrected chi connectivity index (χ0v) is 14.4. The number of aryl methyl sites for hydroxylation is 1. The van der Waals surface area contributed by atoms with Crippen LogP contribution < -0.4 is 10.0 Å². The maximum atomic E-state index is 11.5. The van der Waals surface area contributed by atoms with Crippen molar-refractivity contribution in [2.75, 3.05) is 12.4 Å². The van der Waals surface area contributed by atoms with Crippen molar-refractivity contribution in [2.24, 2.45) is 0 Å². The lowest BCUT2D eigenvalue weighted by molar-refractivity contribution is 0.587. The molecule has 2 heterocycles. The van der Waals surface area contributed by atoms with Gasteiger partial charge >= 0.3 is 0 Å². The van der Waals surface area contributed by atoms with Crippen molar-refractivity contribution in [3.63, 3.8) is 0 Å². The van der Waals surface area contributed by atoms with E-state index in [2.05, 4.69) is 20.1 Å². The maximum Gasteiger partial charge on any atom is 0.215 e. The van der Waals surface area contributed by atoms with Gasteiger partial charge in [0.1, 0.15) is 0 Å². The summed E-state index contributed by atoms with van der Waals surface area (Å²) in [5, 5.41) is 8.45. The molecule has 9 heteroatoms. The summed E-state index contributed by atoms with van der Waals surface area (Å²) in [6.45, 7) is 2.55. The molecule has 0 amide bonds. The molecule has 3 rings (SSSR count). The van der Waals surface area contributed by atoms with Crippen LogP contribution in [0.25, 0.3) is 4.96 Å². The second kappa shape index (κ2) is 6.26. The number of imidazole rings is 1. The van der Waals surface area contributed by atoms with Crippen LogP contribution in [0.4, 0.5) is 5.13 Å². The maximum absolute atomic E-state index is 11.5. The van der Waals surface area contributed by atoms with Crippen LogP contribution in [0.3, 0.4) is 0 Å². The number of aromatic nitrogens is 3. The minimum atomic E-state index is -3.24. The van der Waals surface area contributed by atoms with Crippen LogP contribution in [0.1, 0.15) is 16.8 Å². The van der Waals surface area contributed by atoms with E-state index < -0.39 is 10.0 Å². The molecular formula is C14H17N5O2S2. The summed E-state index contributed by atoms with van der Waals surface area (Å²) in [4.78, 5) is 5.22. The highest BCUT2D eigenvalue weighted by molar-refractivity contribution is 7.88. The summed E-state index contributed by atoms with van der Waals surface area (Å²) >= 11 is 1.49. The monoisotopic (exact) mass is 351 g/mol. The third-order valence-corrected chi connectivity index (χ3v) is 5.51. The number of benzene rings is 1. The van der Waals surface area contributed by atoms with Gasteiger partial charge in [-0.1, -0.05) is 35.6 Å². The second-order valence-electron chi connectivity index (χ2n) is 5.15. The topological polar surface area (TPSA) is 88.4 Å². The Kier molecular flexibility index (Phi) is 4.33. The van der Waals surface area contributed by atoms with E-state index in [1.807, 2.05) is 37.4 Å². The van der Waals surface area contributed by atoms with E-state index in [1.165, 1.54) is 18.4 Å². The van der Waals surface area contributed by atoms with Crippen molar-refractivity contribution in [3.05, 3.63) is 47.3 Å². The minimum Gasteiger partial charge on any atom is -0.356 e. The van der Waals surface area contributed by atoms with Gasteiger partial charge in [0.25, 0.3) is 0 Å². The molecule has 0 fully saturated rings. The second-order valence-corrected chi connectivity index (χ2v) is 8.03. The molecule has 0 aliphatic heterocycles. The lowest BCUT2D eigenvalue weighted by Gasteiger charge is -2.05. The molecule has 0 aliphatic carbocycles. The van der Waals surface area contributed by atoms with Gasteiger partial charge in [-0.15, -0.1) is 5.10 Å². The van der Waals surface area contributed by atoms with Crippen molar-refractivity contribution in [2.45, 2.75) is 19.2 Å². The van der Waals surface area contributed by atoms with Gasteiger partial charge < -0.3 is 5.32 Å². The first-order chi connectivity index (χ1) is 10.9. The van der Waals surface area contributed by atoms with Gasteiger partial charge in [-0.3, -0.25) is 0 Å². The third kappa shape index (κ3) is 3.87. The molecule has 0 unspecified atom stereocenters. The Morgan fingerprint density at radius 2 is 1.91 bits per heavy atom. The molecule has 0 spiro atoms. The molecular weight excluding hydrogens is 334 g/mol. The number of anilines is 1. The van der Waals surface area contributed by atoms with Crippen molar-refractivity contribution >= 4 is 31.5 Å². The smallest absolute Gasteiger partial charge is 0.215 e. The van der Waals surface area contributed by atoms with Crippen LogP contribution >= 0.6 is 11.3 Å². The summed E-state index contributed by atoms with van der Waals surface area (Å²) in [5.41, 5.74) is 2.76. The quantitative estimate of drug-likeness (QED) is 0.706. The van der Waals surface area contributed by atoms with Crippen LogP contribution in [-0.4, -0.2) is 30.1 Å². The van der Waals surface area contributed by atoms with Gasteiger partial charge in [-0.2, -0.15) is 0 Å². The number of sulfonamides is 1. The fraction of sp³-hybridized carbons (Fsp3) is 0.286. The van der Waals surface area contributed by atoms with E-state index in [0.29, 0.717) is 6.54 Å². The van der Waals surface area contributed by atoms with E-state index in [1.54, 1.807) is 4.52 Å². The van der Waals surface area contributed by atoms with Gasteiger partial charge in [0.15, 0.2) is 0 Å². The molecule has 0 atom stereocenters. The van der Waals surface area contributed by atoms with Crippen molar-refractivity contribution in [1.29, 1.82) is 0 Å². The number of hydrogen-bond acceptors (Lipinski definition) is 6. The summed E-state index contributed by atoms with van der Waals surface area (Å²) in [6, 6.07) is 7.47. The summed E-state index contributed by atoms with van der Waals surface area (Å²) in [7, 11) is -1.82. The molecule has 0 saturated heterocycles. The van der Waals surface area contributed by atoms with Gasteiger partial charge in [0, 0.05) is 6.54 Å². The highest BCUT2D eigenvalue weighted by atomic mass is 32.2. The van der Waals surface area contributed by atoms with Crippen LogP contribution in [0.2, 0.25) is 0 Å². The van der Waals surface area contributed by atoms with E-state index >= 15 is 0 Å². The molecule has 0 radical (unpaired) electrons. The third-order valence-electron chi connectivity index (χ3n) is 3.30. The Labute approximate surface area is 138 Å². The molecule has 1 aromatic carbocycles. The molecule has 23 heavy (non-hydrogen) atoms. The van der Waals surface area contributed by atoms with E-state index in [-0.39, 0.29) is 5.75 Å². The van der Waals surface area contributed by atoms with Gasteiger partial charge in [-0.25, -0.2) is 22.6 Å². The lowest BCUT2D eigenvalue weighted by Crippen LogP contribution is -2.20. The molecule has 3 aromatic rings. The molecule has 7 nitrogen and oxygen atoms in total. The minimum absolute atomic E-state index is 0.0137. The molecule has 0 aliphatic rings. The first-order valence-corrected chi connectivity index (χ1v) is 9.48. The number of fused-ring (bicyclic) bond motifs is 1. The average Bonchev–Trinajstić information content (AvgIpc) is 3.03. The largest absolute Gasteiger partial charge is 0.356 e. The van der Waals surface area contributed by atoms with Gasteiger partial charge in [-0.05, 0) is 25.1 Å². The Hall–Kier alpha value is -1.97.